The van der Waals surface area contributed by atoms with Gasteiger partial charge in [-0.15, -0.1) is 0 Å². The highest BCUT2D eigenvalue weighted by molar-refractivity contribution is 7.89. The van der Waals surface area contributed by atoms with Crippen molar-refractivity contribution in [1.29, 1.82) is 0 Å². The molecule has 154 valence electrons. The average Bonchev–Trinajstić information content (AvgIpc) is 2.67. The molecule has 1 amide bonds. The van der Waals surface area contributed by atoms with Crippen molar-refractivity contribution < 1.29 is 22.7 Å². The molecule has 0 N–H and O–H groups in total. The Morgan fingerprint density at radius 3 is 2.14 bits per heavy atom. The summed E-state index contributed by atoms with van der Waals surface area (Å²) in [6, 6.07) is 11.3. The summed E-state index contributed by atoms with van der Waals surface area (Å²) >= 11 is 0. The lowest BCUT2D eigenvalue weighted by Crippen LogP contribution is -2.49. The number of ether oxygens (including phenoxy) is 1. The first-order valence-corrected chi connectivity index (χ1v) is 10.8. The van der Waals surface area contributed by atoms with Crippen LogP contribution in [0, 0.1) is 13.8 Å². The lowest BCUT2D eigenvalue weighted by atomic mass is 10.1. The predicted octanol–water partition coefficient (Wildman–Crippen LogP) is 2.38. The van der Waals surface area contributed by atoms with Gasteiger partial charge in [-0.25, -0.2) is 13.2 Å². The molecule has 0 radical (unpaired) electrons. The number of nitrogens with zero attached hydrogens (tertiary/aromatic N) is 2. The van der Waals surface area contributed by atoms with E-state index < -0.39 is 16.0 Å². The van der Waals surface area contributed by atoms with Crippen LogP contribution in [0.2, 0.25) is 0 Å². The number of hydrogen-bond acceptors (Lipinski definition) is 5. The first-order chi connectivity index (χ1) is 13.7. The summed E-state index contributed by atoms with van der Waals surface area (Å²) in [5.74, 6) is -0.271. The van der Waals surface area contributed by atoms with Gasteiger partial charge in [-0.1, -0.05) is 12.1 Å². The summed E-state index contributed by atoms with van der Waals surface area (Å²) in [6.45, 7) is 6.42. The Kier molecular flexibility index (Phi) is 6.04. The van der Waals surface area contributed by atoms with Crippen LogP contribution in [0.3, 0.4) is 0 Å². The molecule has 3 rings (SSSR count). The molecule has 1 heterocycles. The Hall–Kier alpha value is -2.71. The third kappa shape index (κ3) is 4.83. The molecule has 0 bridgehead atoms. The molecule has 0 unspecified atom stereocenters. The Morgan fingerprint density at radius 2 is 1.55 bits per heavy atom. The van der Waals surface area contributed by atoms with Crippen LogP contribution in [0.5, 0.6) is 5.75 Å². The largest absolute Gasteiger partial charge is 0.423 e. The molecule has 8 heteroatoms. The molecule has 1 fully saturated rings. The molecule has 0 saturated carbocycles. The van der Waals surface area contributed by atoms with Gasteiger partial charge in [0.25, 0.3) is 0 Å². The van der Waals surface area contributed by atoms with Crippen molar-refractivity contribution in [3.63, 3.8) is 0 Å². The van der Waals surface area contributed by atoms with Crippen molar-refractivity contribution in [2.75, 3.05) is 26.2 Å². The molecule has 29 heavy (non-hydrogen) atoms. The Labute approximate surface area is 170 Å². The summed E-state index contributed by atoms with van der Waals surface area (Å²) in [5.41, 5.74) is 2.09. The first-order valence-electron chi connectivity index (χ1n) is 9.33. The highest BCUT2D eigenvalue weighted by atomic mass is 32.2. The summed E-state index contributed by atoms with van der Waals surface area (Å²) in [5, 5.41) is 0. The van der Waals surface area contributed by atoms with E-state index in [1.54, 1.807) is 17.0 Å². The maximum atomic E-state index is 13.0. The van der Waals surface area contributed by atoms with Crippen LogP contribution >= 0.6 is 0 Å². The fourth-order valence-electron chi connectivity index (χ4n) is 3.33. The average molecular weight is 416 g/mol. The van der Waals surface area contributed by atoms with Crippen LogP contribution in [0.15, 0.2) is 47.4 Å². The minimum atomic E-state index is -3.77. The summed E-state index contributed by atoms with van der Waals surface area (Å²) in [6.07, 6.45) is 0. The number of hydrogen-bond donors (Lipinski definition) is 0. The van der Waals surface area contributed by atoms with E-state index in [2.05, 4.69) is 0 Å². The number of piperazine rings is 1. The van der Waals surface area contributed by atoms with Gasteiger partial charge in [-0.3, -0.25) is 4.79 Å². The highest BCUT2D eigenvalue weighted by Gasteiger charge is 2.29. The second kappa shape index (κ2) is 8.34. The van der Waals surface area contributed by atoms with Crippen molar-refractivity contribution in [2.24, 2.45) is 0 Å². The topological polar surface area (TPSA) is 84.0 Å². The Bertz CT molecular complexity index is 1020. The molecule has 1 aliphatic rings. The zero-order valence-corrected chi connectivity index (χ0v) is 17.5. The monoisotopic (exact) mass is 416 g/mol. The van der Waals surface area contributed by atoms with E-state index in [9.17, 15) is 18.0 Å². The summed E-state index contributed by atoms with van der Waals surface area (Å²) in [4.78, 5) is 25.6. The van der Waals surface area contributed by atoms with Gasteiger partial charge in [0.1, 0.15) is 5.75 Å². The maximum Gasteiger partial charge on any atom is 0.343 e. The fraction of sp³-hybridized carbons (Fsp3) is 0.333. The number of amides is 1. The van der Waals surface area contributed by atoms with Gasteiger partial charge in [0.2, 0.25) is 15.9 Å². The van der Waals surface area contributed by atoms with Gasteiger partial charge in [0, 0.05) is 33.1 Å². The summed E-state index contributed by atoms with van der Waals surface area (Å²) in [7, 11) is -3.77. The van der Waals surface area contributed by atoms with Gasteiger partial charge in [-0.05, 0) is 55.3 Å². The van der Waals surface area contributed by atoms with Crippen molar-refractivity contribution in [3.05, 3.63) is 59.2 Å². The van der Waals surface area contributed by atoms with Gasteiger partial charge in [0.05, 0.1) is 10.5 Å². The van der Waals surface area contributed by atoms with E-state index in [4.69, 9.17) is 4.74 Å². The van der Waals surface area contributed by atoms with Crippen LogP contribution < -0.4 is 4.74 Å². The SMILES string of the molecule is CC(=O)N1CCN(S(=O)(=O)c2cccc(C(=O)Oc3cc(C)cc(C)c3)c2)CC1. The molecule has 0 atom stereocenters. The van der Waals surface area contributed by atoms with Gasteiger partial charge in [-0.2, -0.15) is 4.31 Å². The minimum Gasteiger partial charge on any atom is -0.423 e. The van der Waals surface area contributed by atoms with E-state index in [1.807, 2.05) is 19.9 Å². The van der Waals surface area contributed by atoms with Crippen molar-refractivity contribution in [3.8, 4) is 5.75 Å². The van der Waals surface area contributed by atoms with E-state index >= 15 is 0 Å². The second-order valence-electron chi connectivity index (χ2n) is 7.15. The quantitative estimate of drug-likeness (QED) is 0.564. The number of carbonyl (C=O) groups is 2. The van der Waals surface area contributed by atoms with Crippen LogP contribution in [0.25, 0.3) is 0 Å². The number of carbonyl (C=O) groups excluding carboxylic acids is 2. The maximum absolute atomic E-state index is 13.0. The summed E-state index contributed by atoms with van der Waals surface area (Å²) < 4.78 is 32.7. The fourth-order valence-corrected chi connectivity index (χ4v) is 4.80. The molecule has 0 aromatic heterocycles. The zero-order chi connectivity index (χ0) is 21.2. The van der Waals surface area contributed by atoms with Crippen LogP contribution in [0.4, 0.5) is 0 Å². The molecule has 0 spiro atoms. The number of rotatable bonds is 4. The van der Waals surface area contributed by atoms with E-state index in [0.717, 1.165) is 11.1 Å². The normalized spacial score (nSPS) is 15.2. The van der Waals surface area contributed by atoms with Gasteiger partial charge < -0.3 is 9.64 Å². The third-order valence-corrected chi connectivity index (χ3v) is 6.69. The van der Waals surface area contributed by atoms with Gasteiger partial charge >= 0.3 is 5.97 Å². The number of sulfonamides is 1. The number of aryl methyl sites for hydroxylation is 2. The molecule has 2 aromatic carbocycles. The number of benzene rings is 2. The predicted molar refractivity (Wildman–Crippen MR) is 108 cm³/mol. The molecule has 7 nitrogen and oxygen atoms in total. The molecular formula is C21H24N2O5S. The zero-order valence-electron chi connectivity index (χ0n) is 16.7. The van der Waals surface area contributed by atoms with Crippen LogP contribution in [0.1, 0.15) is 28.4 Å². The third-order valence-electron chi connectivity index (χ3n) is 4.80. The van der Waals surface area contributed by atoms with E-state index in [1.165, 1.54) is 35.5 Å². The first kappa shape index (κ1) is 21.0. The lowest BCUT2D eigenvalue weighted by molar-refractivity contribution is -0.129. The van der Waals surface area contributed by atoms with Crippen LogP contribution in [-0.4, -0.2) is 55.7 Å². The van der Waals surface area contributed by atoms with E-state index in [0.29, 0.717) is 18.8 Å². The minimum absolute atomic E-state index is 0.0312. The molecule has 2 aromatic rings. The standard InChI is InChI=1S/C21H24N2O5S/c1-15-11-16(2)13-19(12-15)28-21(25)18-5-4-6-20(14-18)29(26,27)23-9-7-22(8-10-23)17(3)24/h4-6,11-14H,7-10H2,1-3H3. The van der Waals surface area contributed by atoms with E-state index in [-0.39, 0.29) is 29.5 Å². The van der Waals surface area contributed by atoms with Gasteiger partial charge in [0.15, 0.2) is 0 Å². The van der Waals surface area contributed by atoms with Crippen LogP contribution in [-0.2, 0) is 14.8 Å². The Balaban J connectivity index is 1.78. The van der Waals surface area contributed by atoms with Crippen molar-refractivity contribution >= 4 is 21.9 Å². The smallest absolute Gasteiger partial charge is 0.343 e. The second-order valence-corrected chi connectivity index (χ2v) is 9.09. The molecule has 0 aliphatic carbocycles. The molecule has 1 aliphatic heterocycles. The lowest BCUT2D eigenvalue weighted by Gasteiger charge is -2.33. The van der Waals surface area contributed by atoms with Crippen molar-refractivity contribution in [1.82, 2.24) is 9.21 Å². The molecule has 1 saturated heterocycles. The highest BCUT2D eigenvalue weighted by Crippen LogP contribution is 2.21. The molecular weight excluding hydrogens is 392 g/mol. The Morgan fingerprint density at radius 1 is 0.931 bits per heavy atom. The van der Waals surface area contributed by atoms with Crippen molar-refractivity contribution in [2.45, 2.75) is 25.7 Å². The number of esters is 1.